The van der Waals surface area contributed by atoms with Gasteiger partial charge in [-0.2, -0.15) is 0 Å². The quantitative estimate of drug-likeness (QED) is 0.640. The lowest BCUT2D eigenvalue weighted by atomic mass is 10.0. The molecule has 0 N–H and O–H groups in total. The van der Waals surface area contributed by atoms with Crippen LogP contribution in [-0.4, -0.2) is 11.6 Å². The van der Waals surface area contributed by atoms with Crippen LogP contribution in [0.3, 0.4) is 0 Å². The summed E-state index contributed by atoms with van der Waals surface area (Å²) >= 11 is 3.28. The first-order valence-electron chi connectivity index (χ1n) is 5.54. The standard InChI is InChI=1S/C15H11BrO2/c16-13-9-5-4-8-12(13)15(18)14(17)10-11-6-2-1-3-7-11/h1-9H,10H2. The van der Waals surface area contributed by atoms with E-state index in [0.29, 0.717) is 10.0 Å². The van der Waals surface area contributed by atoms with Crippen molar-refractivity contribution in [1.82, 2.24) is 0 Å². The minimum atomic E-state index is -0.452. The van der Waals surface area contributed by atoms with E-state index < -0.39 is 11.6 Å². The fraction of sp³-hybridized carbons (Fsp3) is 0.0667. The van der Waals surface area contributed by atoms with Crippen molar-refractivity contribution in [1.29, 1.82) is 0 Å². The van der Waals surface area contributed by atoms with Crippen LogP contribution in [0, 0.1) is 0 Å². The highest BCUT2D eigenvalue weighted by Crippen LogP contribution is 2.17. The minimum Gasteiger partial charge on any atom is -0.290 e. The first-order valence-corrected chi connectivity index (χ1v) is 6.34. The van der Waals surface area contributed by atoms with Gasteiger partial charge in [0.1, 0.15) is 0 Å². The van der Waals surface area contributed by atoms with Crippen molar-refractivity contribution >= 4 is 27.5 Å². The van der Waals surface area contributed by atoms with E-state index in [-0.39, 0.29) is 6.42 Å². The molecule has 0 aliphatic heterocycles. The smallest absolute Gasteiger partial charge is 0.230 e. The van der Waals surface area contributed by atoms with Crippen LogP contribution in [0.25, 0.3) is 0 Å². The van der Waals surface area contributed by atoms with E-state index in [2.05, 4.69) is 15.9 Å². The van der Waals surface area contributed by atoms with Crippen LogP contribution in [0.2, 0.25) is 0 Å². The van der Waals surface area contributed by atoms with Gasteiger partial charge in [0.15, 0.2) is 0 Å². The fourth-order valence-corrected chi connectivity index (χ4v) is 2.12. The molecule has 2 aromatic rings. The molecule has 0 saturated heterocycles. The van der Waals surface area contributed by atoms with Gasteiger partial charge in [-0.25, -0.2) is 0 Å². The van der Waals surface area contributed by atoms with Crippen molar-refractivity contribution in [2.24, 2.45) is 0 Å². The summed E-state index contributed by atoms with van der Waals surface area (Å²) in [5.41, 5.74) is 1.27. The Bertz CT molecular complexity index is 576. The Kier molecular flexibility index (Phi) is 4.05. The molecule has 0 bridgehead atoms. The summed E-state index contributed by atoms with van der Waals surface area (Å²) in [4.78, 5) is 23.9. The number of hydrogen-bond acceptors (Lipinski definition) is 2. The van der Waals surface area contributed by atoms with E-state index in [1.807, 2.05) is 36.4 Å². The van der Waals surface area contributed by atoms with Gasteiger partial charge >= 0.3 is 0 Å². The topological polar surface area (TPSA) is 34.1 Å². The molecule has 0 aliphatic carbocycles. The fourth-order valence-electron chi connectivity index (χ4n) is 1.66. The van der Waals surface area contributed by atoms with Crippen molar-refractivity contribution in [2.75, 3.05) is 0 Å². The average Bonchev–Trinajstić information content (AvgIpc) is 2.39. The third-order valence-electron chi connectivity index (χ3n) is 2.58. The van der Waals surface area contributed by atoms with E-state index in [1.165, 1.54) is 0 Å². The van der Waals surface area contributed by atoms with Crippen LogP contribution in [0.5, 0.6) is 0 Å². The number of Topliss-reactive ketones (excluding diaryl/α,β-unsaturated/α-hetero) is 2. The van der Waals surface area contributed by atoms with Gasteiger partial charge in [-0.15, -0.1) is 0 Å². The number of carbonyl (C=O) groups is 2. The predicted molar refractivity (Wildman–Crippen MR) is 73.6 cm³/mol. The van der Waals surface area contributed by atoms with E-state index in [9.17, 15) is 9.59 Å². The van der Waals surface area contributed by atoms with Crippen LogP contribution in [0.1, 0.15) is 15.9 Å². The van der Waals surface area contributed by atoms with Crippen LogP contribution in [0.15, 0.2) is 59.1 Å². The molecule has 0 aromatic heterocycles. The van der Waals surface area contributed by atoms with Crippen molar-refractivity contribution in [3.05, 3.63) is 70.2 Å². The molecule has 0 atom stereocenters. The van der Waals surface area contributed by atoms with Crippen molar-refractivity contribution < 1.29 is 9.59 Å². The summed E-state index contributed by atoms with van der Waals surface area (Å²) < 4.78 is 0.649. The van der Waals surface area contributed by atoms with Gasteiger partial charge in [0.05, 0.1) is 0 Å². The maximum absolute atomic E-state index is 12.0. The zero-order valence-electron chi connectivity index (χ0n) is 9.60. The Morgan fingerprint density at radius 3 is 2.17 bits per heavy atom. The van der Waals surface area contributed by atoms with Crippen molar-refractivity contribution in [2.45, 2.75) is 6.42 Å². The van der Waals surface area contributed by atoms with Crippen LogP contribution >= 0.6 is 15.9 Å². The molecule has 0 aliphatic rings. The molecule has 2 aromatic carbocycles. The summed E-state index contributed by atoms with van der Waals surface area (Å²) in [6, 6.07) is 16.2. The zero-order chi connectivity index (χ0) is 13.0. The lowest BCUT2D eigenvalue weighted by molar-refractivity contribution is -0.114. The van der Waals surface area contributed by atoms with E-state index in [1.54, 1.807) is 18.2 Å². The highest BCUT2D eigenvalue weighted by molar-refractivity contribution is 9.10. The normalized spacial score (nSPS) is 10.1. The summed E-state index contributed by atoms with van der Waals surface area (Å²) in [6.07, 6.45) is 0.140. The molecule has 3 heteroatoms. The second-order valence-corrected chi connectivity index (χ2v) is 4.75. The van der Waals surface area contributed by atoms with E-state index in [4.69, 9.17) is 0 Å². The zero-order valence-corrected chi connectivity index (χ0v) is 11.2. The molecule has 18 heavy (non-hydrogen) atoms. The lowest BCUT2D eigenvalue weighted by Gasteiger charge is -2.03. The largest absolute Gasteiger partial charge is 0.290 e. The third-order valence-corrected chi connectivity index (χ3v) is 3.27. The molecular formula is C15H11BrO2. The Labute approximate surface area is 114 Å². The molecule has 0 amide bonds. The highest BCUT2D eigenvalue weighted by atomic mass is 79.9. The number of carbonyl (C=O) groups excluding carboxylic acids is 2. The summed E-state index contributed by atoms with van der Waals surface area (Å²) in [7, 11) is 0. The average molecular weight is 303 g/mol. The van der Waals surface area contributed by atoms with Crippen LogP contribution in [-0.2, 0) is 11.2 Å². The summed E-state index contributed by atoms with van der Waals surface area (Å²) in [5.74, 6) is -0.848. The molecule has 90 valence electrons. The van der Waals surface area contributed by atoms with Gasteiger partial charge in [0.2, 0.25) is 11.6 Å². The van der Waals surface area contributed by atoms with Crippen molar-refractivity contribution in [3.8, 4) is 0 Å². The van der Waals surface area contributed by atoms with Gasteiger partial charge in [0.25, 0.3) is 0 Å². The van der Waals surface area contributed by atoms with E-state index in [0.717, 1.165) is 5.56 Å². The Hall–Kier alpha value is -1.74. The molecule has 0 heterocycles. The molecule has 0 saturated carbocycles. The summed E-state index contributed by atoms with van der Waals surface area (Å²) in [6.45, 7) is 0. The van der Waals surface area contributed by atoms with Gasteiger partial charge in [-0.05, 0) is 17.7 Å². The van der Waals surface area contributed by atoms with E-state index >= 15 is 0 Å². The molecule has 2 rings (SSSR count). The predicted octanol–water partition coefficient (Wildman–Crippen LogP) is 3.44. The molecule has 0 radical (unpaired) electrons. The maximum atomic E-state index is 12.0. The summed E-state index contributed by atoms with van der Waals surface area (Å²) in [5, 5.41) is 0. The first kappa shape index (κ1) is 12.7. The first-order chi connectivity index (χ1) is 8.68. The lowest BCUT2D eigenvalue weighted by Crippen LogP contribution is -2.17. The second kappa shape index (κ2) is 5.74. The number of benzene rings is 2. The van der Waals surface area contributed by atoms with Crippen LogP contribution < -0.4 is 0 Å². The minimum absolute atomic E-state index is 0.140. The Morgan fingerprint density at radius 1 is 0.889 bits per heavy atom. The maximum Gasteiger partial charge on any atom is 0.230 e. The highest BCUT2D eigenvalue weighted by Gasteiger charge is 2.18. The molecule has 2 nitrogen and oxygen atoms in total. The number of halogens is 1. The van der Waals surface area contributed by atoms with Gasteiger partial charge < -0.3 is 0 Å². The second-order valence-electron chi connectivity index (χ2n) is 3.89. The van der Waals surface area contributed by atoms with Gasteiger partial charge in [0, 0.05) is 16.5 Å². The van der Waals surface area contributed by atoms with Crippen LogP contribution in [0.4, 0.5) is 0 Å². The number of hydrogen-bond donors (Lipinski definition) is 0. The third kappa shape index (κ3) is 2.93. The number of rotatable bonds is 4. The van der Waals surface area contributed by atoms with Crippen molar-refractivity contribution in [3.63, 3.8) is 0 Å². The van der Waals surface area contributed by atoms with Gasteiger partial charge in [-0.3, -0.25) is 9.59 Å². The Balaban J connectivity index is 2.16. The molecular weight excluding hydrogens is 292 g/mol. The Morgan fingerprint density at radius 2 is 1.50 bits per heavy atom. The molecule has 0 unspecified atom stereocenters. The molecule has 0 fully saturated rings. The monoisotopic (exact) mass is 302 g/mol. The molecule has 0 spiro atoms. The van der Waals surface area contributed by atoms with Gasteiger partial charge in [-0.1, -0.05) is 58.4 Å². The number of ketones is 2. The SMILES string of the molecule is O=C(Cc1ccccc1)C(=O)c1ccccc1Br.